The maximum atomic E-state index is 12.4. The van der Waals surface area contributed by atoms with Crippen LogP contribution in [0.2, 0.25) is 0 Å². The lowest BCUT2D eigenvalue weighted by molar-refractivity contribution is -0.143. The molecular formula is C19H34O4. The molecule has 0 fully saturated rings. The van der Waals surface area contributed by atoms with Crippen LogP contribution in [0.5, 0.6) is 0 Å². The Morgan fingerprint density at radius 1 is 0.739 bits per heavy atom. The van der Waals surface area contributed by atoms with E-state index in [-0.39, 0.29) is 23.8 Å². The Kier molecular flexibility index (Phi) is 11.4. The molecule has 0 aliphatic heterocycles. The zero-order valence-corrected chi connectivity index (χ0v) is 15.7. The minimum absolute atomic E-state index is 0.272. The van der Waals surface area contributed by atoms with Crippen molar-refractivity contribution < 1.29 is 19.1 Å². The molecule has 0 aromatic carbocycles. The van der Waals surface area contributed by atoms with E-state index in [1.807, 2.05) is 34.6 Å². The molecule has 0 saturated heterocycles. The fourth-order valence-corrected chi connectivity index (χ4v) is 2.01. The van der Waals surface area contributed by atoms with Crippen LogP contribution in [0.3, 0.4) is 0 Å². The maximum Gasteiger partial charge on any atom is 0.334 e. The van der Waals surface area contributed by atoms with E-state index in [1.165, 1.54) is 0 Å². The van der Waals surface area contributed by atoms with E-state index in [1.54, 1.807) is 0 Å². The molecule has 0 atom stereocenters. The Morgan fingerprint density at radius 3 is 1.52 bits per heavy atom. The van der Waals surface area contributed by atoms with Crippen molar-refractivity contribution in [1.29, 1.82) is 0 Å². The number of rotatable bonds is 11. The Balaban J connectivity index is 5.32. The Bertz CT molecular complexity index is 394. The van der Waals surface area contributed by atoms with E-state index >= 15 is 0 Å². The standard InChI is InChI=1S/C19H34O4/c1-7-9-11-17(19(21)23-13-15(5)6)16(10-8-2)18(20)22-12-14(3)4/h14-15H,7-13H2,1-6H3/b17-16-. The average molecular weight is 326 g/mol. The molecular weight excluding hydrogens is 292 g/mol. The molecule has 0 radical (unpaired) electrons. The predicted molar refractivity (Wildman–Crippen MR) is 93.1 cm³/mol. The third kappa shape index (κ3) is 9.42. The summed E-state index contributed by atoms with van der Waals surface area (Å²) in [6, 6.07) is 0. The second kappa shape index (κ2) is 12.1. The summed E-state index contributed by atoms with van der Waals surface area (Å²) >= 11 is 0. The summed E-state index contributed by atoms with van der Waals surface area (Å²) < 4.78 is 10.7. The van der Waals surface area contributed by atoms with Gasteiger partial charge in [0, 0.05) is 11.1 Å². The van der Waals surface area contributed by atoms with Crippen LogP contribution < -0.4 is 0 Å². The van der Waals surface area contributed by atoms with Crippen molar-refractivity contribution in [3.05, 3.63) is 11.1 Å². The van der Waals surface area contributed by atoms with E-state index in [2.05, 4.69) is 6.92 Å². The normalized spacial score (nSPS) is 12.3. The molecule has 4 nitrogen and oxygen atoms in total. The van der Waals surface area contributed by atoms with Gasteiger partial charge in [-0.3, -0.25) is 0 Å². The summed E-state index contributed by atoms with van der Waals surface area (Å²) in [6.45, 7) is 12.8. The van der Waals surface area contributed by atoms with Gasteiger partial charge in [-0.1, -0.05) is 54.4 Å². The molecule has 0 amide bonds. The van der Waals surface area contributed by atoms with Crippen LogP contribution in [0.25, 0.3) is 0 Å². The fourth-order valence-electron chi connectivity index (χ4n) is 2.01. The molecule has 0 aliphatic rings. The highest BCUT2D eigenvalue weighted by Crippen LogP contribution is 2.21. The van der Waals surface area contributed by atoms with Gasteiger partial charge in [0.2, 0.25) is 0 Å². The first-order valence-corrected chi connectivity index (χ1v) is 8.89. The Morgan fingerprint density at radius 2 is 1.17 bits per heavy atom. The van der Waals surface area contributed by atoms with E-state index in [9.17, 15) is 9.59 Å². The quantitative estimate of drug-likeness (QED) is 0.409. The molecule has 134 valence electrons. The second-order valence-corrected chi connectivity index (χ2v) is 6.80. The van der Waals surface area contributed by atoms with Gasteiger partial charge in [-0.25, -0.2) is 9.59 Å². The molecule has 0 heterocycles. The van der Waals surface area contributed by atoms with Gasteiger partial charge in [-0.05, 0) is 31.1 Å². The molecule has 0 spiro atoms. The lowest BCUT2D eigenvalue weighted by atomic mass is 9.98. The van der Waals surface area contributed by atoms with Crippen molar-refractivity contribution >= 4 is 11.9 Å². The van der Waals surface area contributed by atoms with Gasteiger partial charge < -0.3 is 9.47 Å². The molecule has 0 aromatic heterocycles. The monoisotopic (exact) mass is 326 g/mol. The number of carbonyl (C=O) groups excluding carboxylic acids is 2. The molecule has 4 heteroatoms. The number of carbonyl (C=O) groups is 2. The van der Waals surface area contributed by atoms with Gasteiger partial charge in [-0.2, -0.15) is 0 Å². The Labute approximate surface area is 141 Å². The first-order chi connectivity index (χ1) is 10.8. The zero-order valence-electron chi connectivity index (χ0n) is 15.7. The number of hydrogen-bond acceptors (Lipinski definition) is 4. The highest BCUT2D eigenvalue weighted by Gasteiger charge is 2.23. The minimum atomic E-state index is -0.367. The first-order valence-electron chi connectivity index (χ1n) is 8.89. The smallest absolute Gasteiger partial charge is 0.334 e. The van der Waals surface area contributed by atoms with Gasteiger partial charge in [0.05, 0.1) is 13.2 Å². The molecule has 0 unspecified atom stereocenters. The molecule has 0 aromatic rings. The van der Waals surface area contributed by atoms with Crippen molar-refractivity contribution in [2.24, 2.45) is 11.8 Å². The van der Waals surface area contributed by atoms with Crippen LogP contribution in [0.15, 0.2) is 11.1 Å². The van der Waals surface area contributed by atoms with Crippen LogP contribution in [0, 0.1) is 11.8 Å². The minimum Gasteiger partial charge on any atom is -0.462 e. The topological polar surface area (TPSA) is 52.6 Å². The Hall–Kier alpha value is -1.32. The van der Waals surface area contributed by atoms with Crippen molar-refractivity contribution in [3.8, 4) is 0 Å². The molecule has 23 heavy (non-hydrogen) atoms. The summed E-state index contributed by atoms with van der Waals surface area (Å²) in [4.78, 5) is 24.8. The lowest BCUT2D eigenvalue weighted by Gasteiger charge is -2.15. The average Bonchev–Trinajstić information content (AvgIpc) is 2.49. The molecule has 0 N–H and O–H groups in total. The van der Waals surface area contributed by atoms with Gasteiger partial charge >= 0.3 is 11.9 Å². The lowest BCUT2D eigenvalue weighted by Crippen LogP contribution is -2.19. The van der Waals surface area contributed by atoms with Crippen LogP contribution in [0.4, 0.5) is 0 Å². The number of unbranched alkanes of at least 4 members (excludes halogenated alkanes) is 1. The van der Waals surface area contributed by atoms with Gasteiger partial charge in [-0.15, -0.1) is 0 Å². The summed E-state index contributed by atoms with van der Waals surface area (Å²) in [7, 11) is 0. The third-order valence-electron chi connectivity index (χ3n) is 3.23. The SMILES string of the molecule is CCCC/C(C(=O)OCC(C)C)=C(\CCC)C(=O)OCC(C)C. The number of ether oxygens (including phenoxy) is 2. The summed E-state index contributed by atoms with van der Waals surface area (Å²) in [5, 5.41) is 0. The first kappa shape index (κ1) is 21.7. The van der Waals surface area contributed by atoms with Crippen molar-refractivity contribution in [2.75, 3.05) is 13.2 Å². The highest BCUT2D eigenvalue weighted by molar-refractivity contribution is 6.00. The molecule has 0 saturated carbocycles. The highest BCUT2D eigenvalue weighted by atomic mass is 16.5. The van der Waals surface area contributed by atoms with Crippen molar-refractivity contribution in [1.82, 2.24) is 0 Å². The van der Waals surface area contributed by atoms with E-state index in [4.69, 9.17) is 9.47 Å². The van der Waals surface area contributed by atoms with Crippen LogP contribution in [-0.4, -0.2) is 25.2 Å². The van der Waals surface area contributed by atoms with Crippen LogP contribution >= 0.6 is 0 Å². The van der Waals surface area contributed by atoms with Gasteiger partial charge in [0.1, 0.15) is 0 Å². The van der Waals surface area contributed by atoms with Crippen LogP contribution in [-0.2, 0) is 19.1 Å². The largest absolute Gasteiger partial charge is 0.462 e. The molecule has 0 bridgehead atoms. The van der Waals surface area contributed by atoms with Crippen molar-refractivity contribution in [3.63, 3.8) is 0 Å². The number of esters is 2. The maximum absolute atomic E-state index is 12.4. The van der Waals surface area contributed by atoms with E-state index < -0.39 is 0 Å². The van der Waals surface area contributed by atoms with Crippen molar-refractivity contribution in [2.45, 2.75) is 73.6 Å². The van der Waals surface area contributed by atoms with E-state index in [0.29, 0.717) is 37.2 Å². The fraction of sp³-hybridized carbons (Fsp3) is 0.789. The van der Waals surface area contributed by atoms with Gasteiger partial charge in [0.25, 0.3) is 0 Å². The molecule has 0 aliphatic carbocycles. The zero-order chi connectivity index (χ0) is 17.8. The summed E-state index contributed by atoms with van der Waals surface area (Å²) in [5.41, 5.74) is 0.999. The molecule has 0 rings (SSSR count). The second-order valence-electron chi connectivity index (χ2n) is 6.80. The van der Waals surface area contributed by atoms with E-state index in [0.717, 1.165) is 19.3 Å². The van der Waals surface area contributed by atoms with Gasteiger partial charge in [0.15, 0.2) is 0 Å². The van der Waals surface area contributed by atoms with Crippen LogP contribution in [0.1, 0.15) is 73.6 Å². The number of hydrogen-bond donors (Lipinski definition) is 0. The summed E-state index contributed by atoms with van der Waals surface area (Å²) in [5.74, 6) is -0.187. The third-order valence-corrected chi connectivity index (χ3v) is 3.23. The summed E-state index contributed by atoms with van der Waals surface area (Å²) in [6.07, 6.45) is 3.73. The predicted octanol–water partition coefficient (Wildman–Crippen LogP) is 4.67.